The smallest absolute Gasteiger partial charge is 0.149 e. The van der Waals surface area contributed by atoms with Crippen LogP contribution in [0, 0.1) is 17.7 Å². The summed E-state index contributed by atoms with van der Waals surface area (Å²) in [6, 6.07) is 32.3. The van der Waals surface area contributed by atoms with Crippen LogP contribution in [0.4, 0.5) is 0 Å². The number of rotatable bonds is 3. The molecule has 3 aromatic carbocycles. The van der Waals surface area contributed by atoms with E-state index in [0.29, 0.717) is 5.92 Å². The largest absolute Gasteiger partial charge is 0.333 e. The maximum Gasteiger partial charge on any atom is 0.149 e. The molecule has 0 amide bonds. The van der Waals surface area contributed by atoms with E-state index < -0.39 is 6.15 Å². The second-order valence-electron chi connectivity index (χ2n) is 9.34. The van der Waals surface area contributed by atoms with Gasteiger partial charge in [-0.2, -0.15) is 16.4 Å². The van der Waals surface area contributed by atoms with Gasteiger partial charge in [-0.25, -0.2) is 0 Å². The van der Waals surface area contributed by atoms with Crippen LogP contribution in [0.3, 0.4) is 0 Å². The number of hydrogen-bond acceptors (Lipinski definition) is 0. The van der Waals surface area contributed by atoms with Gasteiger partial charge < -0.3 is 4.48 Å². The van der Waals surface area contributed by atoms with Crippen LogP contribution >= 0.6 is 0 Å². The standard InChI is InChI=1S/C23H20B.C4H12N/c1-4-10-21(11-5-1)24(19-18-20-16-17-20,22-12-6-2-7-13-22)23-14-8-3-9-15-23;1-5(2,3)4/h1-15,20H,16-17H2;1-4H3/q-1;+1. The Labute approximate surface area is 176 Å². The zero-order chi connectivity index (χ0) is 20.7. The summed E-state index contributed by atoms with van der Waals surface area (Å²) in [7, 11) is 8.50. The molecule has 0 heterocycles. The lowest BCUT2D eigenvalue weighted by atomic mass is 9.16. The number of quaternary nitrogens is 1. The van der Waals surface area contributed by atoms with Gasteiger partial charge in [0.25, 0.3) is 0 Å². The van der Waals surface area contributed by atoms with Crippen molar-refractivity contribution in [2.45, 2.75) is 12.8 Å². The van der Waals surface area contributed by atoms with Gasteiger partial charge in [-0.1, -0.05) is 91.0 Å². The van der Waals surface area contributed by atoms with Crippen molar-refractivity contribution in [2.24, 2.45) is 5.92 Å². The third-order valence-electron chi connectivity index (χ3n) is 4.98. The molecule has 0 radical (unpaired) electrons. The van der Waals surface area contributed by atoms with Crippen LogP contribution in [0.2, 0.25) is 0 Å². The quantitative estimate of drug-likeness (QED) is 0.371. The molecule has 3 aromatic rings. The van der Waals surface area contributed by atoms with Gasteiger partial charge in [-0.05, 0) is 12.8 Å². The molecule has 1 fully saturated rings. The number of benzene rings is 3. The summed E-state index contributed by atoms with van der Waals surface area (Å²) in [6.45, 7) is 0. The maximum atomic E-state index is 3.76. The van der Waals surface area contributed by atoms with Crippen molar-refractivity contribution < 1.29 is 4.48 Å². The SMILES string of the molecule is C(#C[B-](c1ccccc1)(c1ccccc1)c1ccccc1)C1CC1.C[N+](C)(C)C. The maximum absolute atomic E-state index is 3.76. The fraction of sp³-hybridized carbons (Fsp3) is 0.259. The van der Waals surface area contributed by atoms with Gasteiger partial charge in [0, 0.05) is 5.92 Å². The second kappa shape index (κ2) is 9.16. The van der Waals surface area contributed by atoms with E-state index in [0.717, 1.165) is 4.48 Å². The van der Waals surface area contributed by atoms with Crippen LogP contribution in [0.5, 0.6) is 0 Å². The molecule has 148 valence electrons. The molecule has 0 aromatic heterocycles. The summed E-state index contributed by atoms with van der Waals surface area (Å²) in [5.41, 5.74) is 3.88. The zero-order valence-corrected chi connectivity index (χ0v) is 18.2. The Morgan fingerprint density at radius 3 is 1.21 bits per heavy atom. The van der Waals surface area contributed by atoms with Crippen molar-refractivity contribution in [1.82, 2.24) is 0 Å². The highest BCUT2D eigenvalue weighted by Gasteiger charge is 2.28. The molecule has 1 aliphatic rings. The van der Waals surface area contributed by atoms with E-state index >= 15 is 0 Å². The van der Waals surface area contributed by atoms with E-state index in [4.69, 9.17) is 0 Å². The van der Waals surface area contributed by atoms with E-state index in [1.54, 1.807) is 0 Å². The van der Waals surface area contributed by atoms with Crippen molar-refractivity contribution >= 4 is 22.5 Å². The van der Waals surface area contributed by atoms with Crippen LogP contribution in [0.1, 0.15) is 12.8 Å². The van der Waals surface area contributed by atoms with Crippen LogP contribution in [-0.2, 0) is 0 Å². The minimum atomic E-state index is -1.26. The molecule has 0 spiro atoms. The van der Waals surface area contributed by atoms with Crippen LogP contribution in [-0.4, -0.2) is 38.8 Å². The molecule has 1 aliphatic carbocycles. The lowest BCUT2D eigenvalue weighted by Gasteiger charge is -2.38. The van der Waals surface area contributed by atoms with Gasteiger partial charge in [-0.3, -0.25) is 5.82 Å². The van der Waals surface area contributed by atoms with E-state index in [1.165, 1.54) is 29.2 Å². The molecule has 0 atom stereocenters. The van der Waals surface area contributed by atoms with Crippen LogP contribution < -0.4 is 16.4 Å². The van der Waals surface area contributed by atoms with Gasteiger partial charge in [0.15, 0.2) is 0 Å². The molecule has 0 N–H and O–H groups in total. The van der Waals surface area contributed by atoms with Gasteiger partial charge >= 0.3 is 0 Å². The highest BCUT2D eigenvalue weighted by molar-refractivity contribution is 7.16. The Hall–Kier alpha value is -2.76. The highest BCUT2D eigenvalue weighted by Crippen LogP contribution is 2.27. The highest BCUT2D eigenvalue weighted by atomic mass is 15.2. The Morgan fingerprint density at radius 2 is 0.931 bits per heavy atom. The second-order valence-corrected chi connectivity index (χ2v) is 9.34. The minimum Gasteiger partial charge on any atom is -0.333 e. The van der Waals surface area contributed by atoms with E-state index in [1.807, 2.05) is 0 Å². The normalized spacial score (nSPS) is 13.5. The third kappa shape index (κ3) is 5.86. The van der Waals surface area contributed by atoms with E-state index in [2.05, 4.69) is 131 Å². The van der Waals surface area contributed by atoms with Gasteiger partial charge in [0.1, 0.15) is 6.15 Å². The number of nitrogens with zero attached hydrogens (tertiary/aromatic N) is 1. The van der Waals surface area contributed by atoms with Gasteiger partial charge in [0.2, 0.25) is 0 Å². The van der Waals surface area contributed by atoms with Crippen molar-refractivity contribution in [3.8, 4) is 11.7 Å². The average Bonchev–Trinajstić information content (AvgIpc) is 3.54. The fourth-order valence-electron chi connectivity index (χ4n) is 3.52. The summed E-state index contributed by atoms with van der Waals surface area (Å²) < 4.78 is 1.00. The lowest BCUT2D eigenvalue weighted by molar-refractivity contribution is -0.849. The Kier molecular flexibility index (Phi) is 6.62. The predicted molar refractivity (Wildman–Crippen MR) is 128 cm³/mol. The van der Waals surface area contributed by atoms with Gasteiger partial charge in [0.05, 0.1) is 28.2 Å². The van der Waals surface area contributed by atoms with Crippen molar-refractivity contribution in [3.05, 3.63) is 91.0 Å². The predicted octanol–water partition coefficient (Wildman–Crippen LogP) is 3.43. The fourth-order valence-corrected chi connectivity index (χ4v) is 3.52. The van der Waals surface area contributed by atoms with E-state index in [9.17, 15) is 0 Å². The first-order valence-electron chi connectivity index (χ1n) is 10.5. The first-order chi connectivity index (χ1) is 13.9. The Balaban J connectivity index is 0.000000431. The molecule has 29 heavy (non-hydrogen) atoms. The lowest BCUT2D eigenvalue weighted by Crippen LogP contribution is -2.66. The van der Waals surface area contributed by atoms with Crippen LogP contribution in [0.25, 0.3) is 0 Å². The summed E-state index contributed by atoms with van der Waals surface area (Å²) in [6.07, 6.45) is 1.23. The first-order valence-corrected chi connectivity index (χ1v) is 10.5. The van der Waals surface area contributed by atoms with Gasteiger partial charge in [-0.15, -0.1) is 5.92 Å². The third-order valence-corrected chi connectivity index (χ3v) is 4.98. The summed E-state index contributed by atoms with van der Waals surface area (Å²) in [4.78, 5) is 0. The summed E-state index contributed by atoms with van der Waals surface area (Å²) >= 11 is 0. The molecule has 2 heteroatoms. The molecule has 0 saturated heterocycles. The van der Waals surface area contributed by atoms with Crippen molar-refractivity contribution in [3.63, 3.8) is 0 Å². The monoisotopic (exact) mass is 381 g/mol. The van der Waals surface area contributed by atoms with Crippen molar-refractivity contribution in [1.29, 1.82) is 0 Å². The zero-order valence-electron chi connectivity index (χ0n) is 18.2. The molecule has 1 saturated carbocycles. The minimum absolute atomic E-state index is 0.586. The summed E-state index contributed by atoms with van der Waals surface area (Å²) in [5, 5.41) is 0. The number of hydrogen-bond donors (Lipinski definition) is 0. The first kappa shape index (κ1) is 21.0. The summed E-state index contributed by atoms with van der Waals surface area (Å²) in [5.74, 6) is 7.91. The Bertz CT molecular complexity index is 841. The van der Waals surface area contributed by atoms with E-state index in [-0.39, 0.29) is 0 Å². The molecule has 0 aliphatic heterocycles. The molecule has 0 bridgehead atoms. The average molecular weight is 381 g/mol. The van der Waals surface area contributed by atoms with Crippen LogP contribution in [0.15, 0.2) is 91.0 Å². The molecular weight excluding hydrogens is 349 g/mol. The Morgan fingerprint density at radius 1 is 0.621 bits per heavy atom. The molecule has 0 unspecified atom stereocenters. The van der Waals surface area contributed by atoms with Crippen molar-refractivity contribution in [2.75, 3.05) is 28.2 Å². The molecular formula is C27H32BN. The molecule has 4 rings (SSSR count). The molecule has 1 nitrogen and oxygen atoms in total. The topological polar surface area (TPSA) is 0 Å².